The molecule has 3 heterocycles. The van der Waals surface area contributed by atoms with E-state index in [1.807, 2.05) is 35.2 Å². The Kier molecular flexibility index (Phi) is 5.40. The first-order valence-corrected chi connectivity index (χ1v) is 10.00. The molecular weight excluding hydrogens is 366 g/mol. The fraction of sp³-hybridized carbons (Fsp3) is 0.444. The Morgan fingerprint density at radius 1 is 1.22 bits per heavy atom. The predicted octanol–water partition coefficient (Wildman–Crippen LogP) is 1.60. The average Bonchev–Trinajstić information content (AvgIpc) is 3.27. The molecule has 2 saturated heterocycles. The van der Waals surface area contributed by atoms with Gasteiger partial charge in [0.2, 0.25) is 5.91 Å². The summed E-state index contributed by atoms with van der Waals surface area (Å²) in [6, 6.07) is 9.30. The van der Waals surface area contributed by atoms with E-state index in [9.17, 15) is 9.59 Å². The lowest BCUT2D eigenvalue weighted by Gasteiger charge is -2.23. The third-order valence-electron chi connectivity index (χ3n) is 4.73. The fourth-order valence-electron chi connectivity index (χ4n) is 3.30. The molecule has 1 aromatic carbocycles. The Bertz CT molecular complexity index is 812. The number of rotatable bonds is 4. The van der Waals surface area contributed by atoms with Gasteiger partial charge in [-0.05, 0) is 18.6 Å². The Balaban J connectivity index is 1.33. The lowest BCUT2D eigenvalue weighted by Crippen LogP contribution is -2.46. The van der Waals surface area contributed by atoms with Gasteiger partial charge in [0.1, 0.15) is 6.04 Å². The Labute approximate surface area is 161 Å². The zero-order valence-electron chi connectivity index (χ0n) is 14.8. The molecule has 8 nitrogen and oxygen atoms in total. The molecule has 1 aromatic heterocycles. The van der Waals surface area contributed by atoms with Crippen LogP contribution in [-0.4, -0.2) is 69.1 Å². The molecule has 1 unspecified atom stereocenters. The number of nitrogens with zero attached hydrogens (tertiary/aromatic N) is 4. The van der Waals surface area contributed by atoms with Crippen molar-refractivity contribution in [3.05, 3.63) is 36.2 Å². The second kappa shape index (κ2) is 8.10. The molecule has 2 aromatic rings. The second-order valence-corrected chi connectivity index (χ2v) is 7.62. The molecule has 2 amide bonds. The lowest BCUT2D eigenvalue weighted by molar-refractivity contribution is -0.132. The van der Waals surface area contributed by atoms with Crippen LogP contribution in [0.1, 0.15) is 12.2 Å². The van der Waals surface area contributed by atoms with Gasteiger partial charge in [-0.15, -0.1) is 0 Å². The van der Waals surface area contributed by atoms with Gasteiger partial charge < -0.3 is 14.7 Å². The average molecular weight is 387 g/mol. The smallest absolute Gasteiger partial charge is 0.279 e. The number of benzene rings is 1. The minimum absolute atomic E-state index is 0.0149. The summed E-state index contributed by atoms with van der Waals surface area (Å²) in [5, 5.41) is 6.70. The highest BCUT2D eigenvalue weighted by Gasteiger charge is 2.32. The summed E-state index contributed by atoms with van der Waals surface area (Å²) in [5.74, 6) is 1.70. The van der Waals surface area contributed by atoms with Gasteiger partial charge >= 0.3 is 0 Å². The number of amides is 2. The van der Waals surface area contributed by atoms with Crippen LogP contribution in [0.5, 0.6) is 0 Å². The number of aromatic nitrogens is 2. The van der Waals surface area contributed by atoms with E-state index in [0.717, 1.165) is 25.1 Å². The van der Waals surface area contributed by atoms with E-state index in [1.54, 1.807) is 0 Å². The first-order chi connectivity index (χ1) is 13.2. The standard InChI is InChI=1S/C18H21N5O3S/c24-17(14-12-27-18(25)19-14)23-8-4-7-22(9-10-23)11-15-20-16(26-21-15)13-5-2-1-3-6-13/h1-3,5-6,14H,4,7-12H2,(H,19,25). The third kappa shape index (κ3) is 4.30. The summed E-state index contributed by atoms with van der Waals surface area (Å²) < 4.78 is 5.37. The van der Waals surface area contributed by atoms with Gasteiger partial charge in [-0.2, -0.15) is 4.98 Å². The summed E-state index contributed by atoms with van der Waals surface area (Å²) >= 11 is 1.17. The normalized spacial score (nSPS) is 21.1. The van der Waals surface area contributed by atoms with Gasteiger partial charge in [-0.3, -0.25) is 14.5 Å². The van der Waals surface area contributed by atoms with Gasteiger partial charge in [0, 0.05) is 37.5 Å². The van der Waals surface area contributed by atoms with Crippen molar-refractivity contribution in [3.63, 3.8) is 0 Å². The van der Waals surface area contributed by atoms with E-state index >= 15 is 0 Å². The zero-order chi connectivity index (χ0) is 18.6. The molecular formula is C18H21N5O3S. The van der Waals surface area contributed by atoms with Crippen molar-refractivity contribution < 1.29 is 14.1 Å². The molecule has 2 aliphatic heterocycles. The Morgan fingerprint density at radius 2 is 2.07 bits per heavy atom. The highest BCUT2D eigenvalue weighted by Crippen LogP contribution is 2.18. The molecule has 1 atom stereocenters. The first kappa shape index (κ1) is 18.0. The molecule has 0 saturated carbocycles. The van der Waals surface area contributed by atoms with Crippen molar-refractivity contribution >= 4 is 22.9 Å². The number of thioether (sulfide) groups is 1. The maximum atomic E-state index is 12.6. The number of carbonyl (C=O) groups excluding carboxylic acids is 2. The van der Waals surface area contributed by atoms with Crippen molar-refractivity contribution in [1.29, 1.82) is 0 Å². The molecule has 0 bridgehead atoms. The van der Waals surface area contributed by atoms with E-state index in [-0.39, 0.29) is 17.2 Å². The summed E-state index contributed by atoms with van der Waals surface area (Å²) in [6.45, 7) is 3.54. The maximum Gasteiger partial charge on any atom is 0.279 e. The maximum absolute atomic E-state index is 12.6. The molecule has 1 N–H and O–H groups in total. The van der Waals surface area contributed by atoms with Crippen LogP contribution in [0, 0.1) is 0 Å². The fourth-order valence-corrected chi connectivity index (χ4v) is 4.07. The molecule has 0 spiro atoms. The van der Waals surface area contributed by atoms with Crippen LogP contribution in [0.3, 0.4) is 0 Å². The highest BCUT2D eigenvalue weighted by molar-refractivity contribution is 8.14. The van der Waals surface area contributed by atoms with E-state index in [1.165, 1.54) is 11.8 Å². The molecule has 4 rings (SSSR count). The van der Waals surface area contributed by atoms with Gasteiger partial charge in [0.15, 0.2) is 5.82 Å². The summed E-state index contributed by atoms with van der Waals surface area (Å²) in [6.07, 6.45) is 0.878. The summed E-state index contributed by atoms with van der Waals surface area (Å²) in [4.78, 5) is 32.4. The van der Waals surface area contributed by atoms with Gasteiger partial charge in [-0.1, -0.05) is 35.1 Å². The van der Waals surface area contributed by atoms with Crippen molar-refractivity contribution in [3.8, 4) is 11.5 Å². The molecule has 27 heavy (non-hydrogen) atoms. The molecule has 0 aliphatic carbocycles. The largest absolute Gasteiger partial charge is 0.340 e. The SMILES string of the molecule is O=C1NC(C(=O)N2CCCN(Cc3noc(-c4ccccc4)n3)CC2)CS1. The Morgan fingerprint density at radius 3 is 2.85 bits per heavy atom. The second-order valence-electron chi connectivity index (χ2n) is 6.63. The molecule has 9 heteroatoms. The quantitative estimate of drug-likeness (QED) is 0.852. The van der Waals surface area contributed by atoms with Gasteiger partial charge in [0.05, 0.1) is 6.54 Å². The van der Waals surface area contributed by atoms with Crippen LogP contribution in [-0.2, 0) is 11.3 Å². The minimum atomic E-state index is -0.389. The third-order valence-corrected chi connectivity index (χ3v) is 5.61. The van der Waals surface area contributed by atoms with Crippen LogP contribution >= 0.6 is 11.8 Å². The monoisotopic (exact) mass is 387 g/mol. The van der Waals surface area contributed by atoms with E-state index in [4.69, 9.17) is 4.52 Å². The number of hydrogen-bond acceptors (Lipinski definition) is 7. The van der Waals surface area contributed by atoms with E-state index < -0.39 is 0 Å². The summed E-state index contributed by atoms with van der Waals surface area (Å²) in [5.41, 5.74) is 0.903. The van der Waals surface area contributed by atoms with E-state index in [0.29, 0.717) is 37.1 Å². The van der Waals surface area contributed by atoms with Crippen LogP contribution in [0.15, 0.2) is 34.9 Å². The van der Waals surface area contributed by atoms with Crippen LogP contribution in [0.25, 0.3) is 11.5 Å². The predicted molar refractivity (Wildman–Crippen MR) is 101 cm³/mol. The zero-order valence-corrected chi connectivity index (χ0v) is 15.7. The van der Waals surface area contributed by atoms with Crippen LogP contribution in [0.4, 0.5) is 4.79 Å². The summed E-state index contributed by atoms with van der Waals surface area (Å²) in [7, 11) is 0. The molecule has 2 aliphatic rings. The van der Waals surface area contributed by atoms with E-state index in [2.05, 4.69) is 20.4 Å². The number of hydrogen-bond donors (Lipinski definition) is 1. The van der Waals surface area contributed by atoms with Crippen LogP contribution < -0.4 is 5.32 Å². The van der Waals surface area contributed by atoms with Crippen molar-refractivity contribution in [2.45, 2.75) is 19.0 Å². The van der Waals surface area contributed by atoms with Crippen molar-refractivity contribution in [2.75, 3.05) is 31.9 Å². The van der Waals surface area contributed by atoms with Crippen molar-refractivity contribution in [1.82, 2.24) is 25.3 Å². The lowest BCUT2D eigenvalue weighted by atomic mass is 10.2. The number of carbonyl (C=O) groups is 2. The number of nitrogens with one attached hydrogen (secondary N) is 1. The minimum Gasteiger partial charge on any atom is -0.340 e. The van der Waals surface area contributed by atoms with Crippen LogP contribution in [0.2, 0.25) is 0 Å². The topological polar surface area (TPSA) is 91.6 Å². The first-order valence-electron chi connectivity index (χ1n) is 9.01. The highest BCUT2D eigenvalue weighted by atomic mass is 32.2. The van der Waals surface area contributed by atoms with Crippen molar-refractivity contribution in [2.24, 2.45) is 0 Å². The molecule has 0 radical (unpaired) electrons. The Hall–Kier alpha value is -2.39. The van der Waals surface area contributed by atoms with Gasteiger partial charge in [-0.25, -0.2) is 0 Å². The molecule has 2 fully saturated rings. The molecule has 142 valence electrons. The van der Waals surface area contributed by atoms with Gasteiger partial charge in [0.25, 0.3) is 11.1 Å².